The van der Waals surface area contributed by atoms with Crippen molar-refractivity contribution in [3.05, 3.63) is 47.5 Å². The van der Waals surface area contributed by atoms with Crippen LogP contribution in [0.2, 0.25) is 0 Å². The average molecular weight is 328 g/mol. The Balaban J connectivity index is 1.80. The molecule has 5 heteroatoms. The Hall–Kier alpha value is -2.40. The maximum atomic E-state index is 6.11. The molecule has 0 radical (unpaired) electrons. The molecule has 0 unspecified atom stereocenters. The predicted octanol–water partition coefficient (Wildman–Crippen LogP) is 3.70. The summed E-state index contributed by atoms with van der Waals surface area (Å²) in [7, 11) is 3.34. The standard InChI is InChI=1S/C19H20O5/c1-19(21-3)10-15(12-4-6-13(20-2)7-5-12)14-8-17-18(23-11-22-17)9-16(14)24-19/h4-9,15H,10-11H2,1-3H3/t15-,19+/m1/s1. The van der Waals surface area contributed by atoms with Crippen molar-refractivity contribution in [1.29, 1.82) is 0 Å². The Morgan fingerprint density at radius 3 is 2.38 bits per heavy atom. The molecule has 0 bridgehead atoms. The number of methoxy groups -OCH3 is 2. The second kappa shape index (κ2) is 5.60. The molecule has 2 aromatic carbocycles. The quantitative estimate of drug-likeness (QED) is 0.860. The van der Waals surface area contributed by atoms with E-state index in [2.05, 4.69) is 12.1 Å². The molecule has 0 aliphatic carbocycles. The van der Waals surface area contributed by atoms with E-state index in [0.29, 0.717) is 12.2 Å². The minimum atomic E-state index is -0.689. The molecule has 4 rings (SSSR count). The number of rotatable bonds is 3. The van der Waals surface area contributed by atoms with E-state index in [9.17, 15) is 0 Å². The number of ether oxygens (including phenoxy) is 5. The van der Waals surface area contributed by atoms with Crippen LogP contribution < -0.4 is 18.9 Å². The molecule has 2 aromatic rings. The maximum Gasteiger partial charge on any atom is 0.231 e. The molecule has 0 aromatic heterocycles. The molecular weight excluding hydrogens is 308 g/mol. The maximum absolute atomic E-state index is 6.11. The van der Waals surface area contributed by atoms with Crippen molar-refractivity contribution in [2.24, 2.45) is 0 Å². The molecule has 2 atom stereocenters. The van der Waals surface area contributed by atoms with Crippen LogP contribution in [-0.4, -0.2) is 26.8 Å². The first-order chi connectivity index (χ1) is 11.6. The largest absolute Gasteiger partial charge is 0.497 e. The molecule has 0 N–H and O–H groups in total. The highest BCUT2D eigenvalue weighted by molar-refractivity contribution is 5.56. The lowest BCUT2D eigenvalue weighted by molar-refractivity contribution is -0.163. The van der Waals surface area contributed by atoms with E-state index in [-0.39, 0.29) is 12.7 Å². The van der Waals surface area contributed by atoms with Gasteiger partial charge in [-0.25, -0.2) is 0 Å². The number of fused-ring (bicyclic) bond motifs is 2. The molecule has 0 saturated carbocycles. The van der Waals surface area contributed by atoms with Gasteiger partial charge in [-0.15, -0.1) is 0 Å². The topological polar surface area (TPSA) is 46.2 Å². The Labute approximate surface area is 141 Å². The van der Waals surface area contributed by atoms with Crippen molar-refractivity contribution < 1.29 is 23.7 Å². The lowest BCUT2D eigenvalue weighted by Gasteiger charge is -2.39. The lowest BCUT2D eigenvalue weighted by atomic mass is 9.83. The van der Waals surface area contributed by atoms with Gasteiger partial charge in [0.15, 0.2) is 11.5 Å². The number of benzene rings is 2. The summed E-state index contributed by atoms with van der Waals surface area (Å²) in [6.45, 7) is 2.20. The summed E-state index contributed by atoms with van der Waals surface area (Å²) < 4.78 is 28.0. The highest BCUT2D eigenvalue weighted by Gasteiger charge is 2.39. The van der Waals surface area contributed by atoms with Crippen molar-refractivity contribution in [3.63, 3.8) is 0 Å². The SMILES string of the molecule is COc1ccc([C@H]2C[C@@](C)(OC)Oc3cc4c(cc32)OCO4)cc1. The number of hydrogen-bond acceptors (Lipinski definition) is 5. The second-order valence-corrected chi connectivity index (χ2v) is 6.21. The third-order valence-electron chi connectivity index (χ3n) is 4.73. The van der Waals surface area contributed by atoms with Gasteiger partial charge in [0, 0.05) is 38.0 Å². The Kier molecular flexibility index (Phi) is 3.53. The van der Waals surface area contributed by atoms with E-state index in [4.69, 9.17) is 23.7 Å². The smallest absolute Gasteiger partial charge is 0.231 e. The average Bonchev–Trinajstić information content (AvgIpc) is 3.06. The Bertz CT molecular complexity index is 755. The molecule has 2 aliphatic heterocycles. The predicted molar refractivity (Wildman–Crippen MR) is 88.1 cm³/mol. The number of hydrogen-bond donors (Lipinski definition) is 0. The van der Waals surface area contributed by atoms with E-state index in [1.54, 1.807) is 14.2 Å². The first kappa shape index (κ1) is 15.1. The van der Waals surface area contributed by atoms with Crippen molar-refractivity contribution in [1.82, 2.24) is 0 Å². The van der Waals surface area contributed by atoms with Gasteiger partial charge in [-0.3, -0.25) is 0 Å². The van der Waals surface area contributed by atoms with E-state index in [0.717, 1.165) is 22.8 Å². The Morgan fingerprint density at radius 2 is 1.71 bits per heavy atom. The monoisotopic (exact) mass is 328 g/mol. The molecule has 2 aliphatic rings. The van der Waals surface area contributed by atoms with Crippen LogP contribution in [0.25, 0.3) is 0 Å². The lowest BCUT2D eigenvalue weighted by Crippen LogP contribution is -2.40. The van der Waals surface area contributed by atoms with E-state index >= 15 is 0 Å². The summed E-state index contributed by atoms with van der Waals surface area (Å²) in [5, 5.41) is 0. The zero-order valence-electron chi connectivity index (χ0n) is 14.0. The third kappa shape index (κ3) is 2.45. The molecule has 0 spiro atoms. The van der Waals surface area contributed by atoms with Crippen LogP contribution >= 0.6 is 0 Å². The van der Waals surface area contributed by atoms with Gasteiger partial charge >= 0.3 is 0 Å². The minimum absolute atomic E-state index is 0.138. The van der Waals surface area contributed by atoms with Crippen LogP contribution in [0.5, 0.6) is 23.0 Å². The molecule has 5 nitrogen and oxygen atoms in total. The summed E-state index contributed by atoms with van der Waals surface area (Å²) >= 11 is 0. The molecule has 0 saturated heterocycles. The molecule has 126 valence electrons. The highest BCUT2D eigenvalue weighted by Crippen LogP contribution is 2.49. The van der Waals surface area contributed by atoms with Gasteiger partial charge in [0.25, 0.3) is 0 Å². The van der Waals surface area contributed by atoms with Crippen molar-refractivity contribution in [2.45, 2.75) is 25.0 Å². The van der Waals surface area contributed by atoms with Crippen LogP contribution in [0.4, 0.5) is 0 Å². The van der Waals surface area contributed by atoms with Gasteiger partial charge in [-0.05, 0) is 23.8 Å². The fraction of sp³-hybridized carbons (Fsp3) is 0.368. The summed E-state index contributed by atoms with van der Waals surface area (Å²) in [6, 6.07) is 12.0. The summed E-state index contributed by atoms with van der Waals surface area (Å²) in [5.41, 5.74) is 2.27. The van der Waals surface area contributed by atoms with E-state index in [1.165, 1.54) is 5.56 Å². The molecule has 24 heavy (non-hydrogen) atoms. The van der Waals surface area contributed by atoms with Crippen molar-refractivity contribution in [3.8, 4) is 23.0 Å². The first-order valence-electron chi connectivity index (χ1n) is 7.93. The summed E-state index contributed by atoms with van der Waals surface area (Å²) in [6.07, 6.45) is 0.711. The highest BCUT2D eigenvalue weighted by atomic mass is 16.7. The van der Waals surface area contributed by atoms with Crippen LogP contribution in [0, 0.1) is 0 Å². The van der Waals surface area contributed by atoms with Gasteiger partial charge in [0.2, 0.25) is 12.6 Å². The van der Waals surface area contributed by atoms with Crippen molar-refractivity contribution >= 4 is 0 Å². The normalized spacial score (nSPS) is 24.2. The second-order valence-electron chi connectivity index (χ2n) is 6.21. The fourth-order valence-electron chi connectivity index (χ4n) is 3.31. The van der Waals surface area contributed by atoms with E-state index < -0.39 is 5.79 Å². The van der Waals surface area contributed by atoms with Crippen LogP contribution in [-0.2, 0) is 4.74 Å². The molecule has 0 amide bonds. The Morgan fingerprint density at radius 1 is 1.00 bits per heavy atom. The first-order valence-corrected chi connectivity index (χ1v) is 7.93. The van der Waals surface area contributed by atoms with Crippen LogP contribution in [0.3, 0.4) is 0 Å². The zero-order valence-corrected chi connectivity index (χ0v) is 14.0. The van der Waals surface area contributed by atoms with Crippen LogP contribution in [0.15, 0.2) is 36.4 Å². The molecule has 2 heterocycles. The van der Waals surface area contributed by atoms with E-state index in [1.807, 2.05) is 31.2 Å². The summed E-state index contributed by atoms with van der Waals surface area (Å²) in [4.78, 5) is 0. The summed E-state index contributed by atoms with van der Waals surface area (Å²) in [5.74, 6) is 2.53. The molecular formula is C19H20O5. The van der Waals surface area contributed by atoms with Gasteiger partial charge in [-0.2, -0.15) is 0 Å². The third-order valence-corrected chi connectivity index (χ3v) is 4.73. The molecule has 0 fully saturated rings. The van der Waals surface area contributed by atoms with Gasteiger partial charge in [0.05, 0.1) is 7.11 Å². The van der Waals surface area contributed by atoms with Gasteiger partial charge in [0.1, 0.15) is 11.5 Å². The zero-order chi connectivity index (χ0) is 16.7. The fourth-order valence-corrected chi connectivity index (χ4v) is 3.31. The van der Waals surface area contributed by atoms with Crippen molar-refractivity contribution in [2.75, 3.05) is 21.0 Å². The van der Waals surface area contributed by atoms with Gasteiger partial charge < -0.3 is 23.7 Å². The minimum Gasteiger partial charge on any atom is -0.497 e. The van der Waals surface area contributed by atoms with Crippen LogP contribution in [0.1, 0.15) is 30.4 Å². The van der Waals surface area contributed by atoms with Gasteiger partial charge in [-0.1, -0.05) is 12.1 Å².